The van der Waals surface area contributed by atoms with E-state index in [9.17, 15) is 4.79 Å². The Morgan fingerprint density at radius 1 is 1.04 bits per heavy atom. The molecular formula is C22H20N2O4. The summed E-state index contributed by atoms with van der Waals surface area (Å²) in [7, 11) is 1.58. The summed E-state index contributed by atoms with van der Waals surface area (Å²) in [5.41, 5.74) is 5.49. The molecule has 0 aliphatic rings. The molecule has 0 bridgehead atoms. The first-order chi connectivity index (χ1) is 13.7. The highest BCUT2D eigenvalue weighted by Gasteiger charge is 2.06. The highest BCUT2D eigenvalue weighted by atomic mass is 16.5. The number of nitrogens with one attached hydrogen (secondary N) is 1. The molecule has 142 valence electrons. The minimum atomic E-state index is -0.983. The molecule has 0 atom stereocenters. The summed E-state index contributed by atoms with van der Waals surface area (Å²) in [6, 6.07) is 21.8. The Bertz CT molecular complexity index is 971. The van der Waals surface area contributed by atoms with Crippen molar-refractivity contribution < 1.29 is 19.4 Å². The van der Waals surface area contributed by atoms with Crippen LogP contribution in [0.25, 0.3) is 0 Å². The Morgan fingerprint density at radius 2 is 1.86 bits per heavy atom. The Balaban J connectivity index is 1.65. The maximum absolute atomic E-state index is 11.0. The molecule has 0 saturated carbocycles. The van der Waals surface area contributed by atoms with Crippen LogP contribution in [-0.2, 0) is 6.61 Å². The number of hydrogen-bond acceptors (Lipinski definition) is 5. The number of hydrazone groups is 1. The lowest BCUT2D eigenvalue weighted by atomic mass is 10.2. The molecule has 3 aromatic carbocycles. The average Bonchev–Trinajstić information content (AvgIpc) is 2.73. The van der Waals surface area contributed by atoms with E-state index in [2.05, 4.69) is 10.5 Å². The number of benzene rings is 3. The molecule has 0 aliphatic heterocycles. The molecule has 0 aromatic heterocycles. The number of carbonyl (C=O) groups is 1. The van der Waals surface area contributed by atoms with E-state index in [-0.39, 0.29) is 5.56 Å². The smallest absolute Gasteiger partial charge is 0.335 e. The normalized spacial score (nSPS) is 10.6. The maximum atomic E-state index is 11.0. The standard InChI is InChI=1S/C22H20N2O4/c1-27-21-12-17(10-11-20(21)28-15-16-6-3-2-4-7-16)14-23-24-19-9-5-8-18(13-19)22(25)26/h2-14,24H,15H2,1H3,(H,25,26)/b23-14+. The van der Waals surface area contributed by atoms with E-state index in [1.807, 2.05) is 48.5 Å². The number of hydrogen-bond donors (Lipinski definition) is 2. The van der Waals surface area contributed by atoms with Crippen LogP contribution in [-0.4, -0.2) is 24.4 Å². The van der Waals surface area contributed by atoms with Gasteiger partial charge in [-0.3, -0.25) is 5.43 Å². The van der Waals surface area contributed by atoms with Crippen LogP contribution in [0.2, 0.25) is 0 Å². The van der Waals surface area contributed by atoms with Crippen LogP contribution in [0.5, 0.6) is 11.5 Å². The van der Waals surface area contributed by atoms with E-state index in [0.29, 0.717) is 23.8 Å². The molecule has 0 unspecified atom stereocenters. The van der Waals surface area contributed by atoms with Gasteiger partial charge in [-0.1, -0.05) is 36.4 Å². The van der Waals surface area contributed by atoms with Crippen LogP contribution in [0.4, 0.5) is 5.69 Å². The molecular weight excluding hydrogens is 356 g/mol. The van der Waals surface area contributed by atoms with Gasteiger partial charge >= 0.3 is 5.97 Å². The van der Waals surface area contributed by atoms with Crippen molar-refractivity contribution >= 4 is 17.9 Å². The fourth-order valence-electron chi connectivity index (χ4n) is 2.52. The summed E-state index contributed by atoms with van der Waals surface area (Å²) < 4.78 is 11.2. The van der Waals surface area contributed by atoms with Gasteiger partial charge in [0.2, 0.25) is 0 Å². The Hall–Kier alpha value is -3.80. The predicted octanol–water partition coefficient (Wildman–Crippen LogP) is 4.42. The summed E-state index contributed by atoms with van der Waals surface area (Å²) >= 11 is 0. The quantitative estimate of drug-likeness (QED) is 0.449. The first-order valence-corrected chi connectivity index (χ1v) is 8.63. The van der Waals surface area contributed by atoms with Gasteiger partial charge in [-0.15, -0.1) is 0 Å². The second-order valence-electron chi connectivity index (χ2n) is 5.94. The summed E-state index contributed by atoms with van der Waals surface area (Å²) in [5.74, 6) is 0.266. The summed E-state index contributed by atoms with van der Waals surface area (Å²) in [4.78, 5) is 11.0. The number of methoxy groups -OCH3 is 1. The third-order valence-corrected chi connectivity index (χ3v) is 3.94. The van der Waals surface area contributed by atoms with Gasteiger partial charge < -0.3 is 14.6 Å². The zero-order valence-electron chi connectivity index (χ0n) is 15.3. The number of carboxylic acids is 1. The van der Waals surface area contributed by atoms with E-state index in [0.717, 1.165) is 11.1 Å². The van der Waals surface area contributed by atoms with Crippen molar-refractivity contribution in [2.24, 2.45) is 5.10 Å². The predicted molar refractivity (Wildman–Crippen MR) is 108 cm³/mol. The average molecular weight is 376 g/mol. The van der Waals surface area contributed by atoms with Crippen molar-refractivity contribution in [2.75, 3.05) is 12.5 Å². The van der Waals surface area contributed by atoms with Gasteiger partial charge in [0.05, 0.1) is 24.6 Å². The molecule has 3 rings (SSSR count). The molecule has 0 aliphatic carbocycles. The number of aromatic carboxylic acids is 1. The van der Waals surface area contributed by atoms with Crippen LogP contribution in [0, 0.1) is 0 Å². The molecule has 0 fully saturated rings. The second-order valence-corrected chi connectivity index (χ2v) is 5.94. The third kappa shape index (κ3) is 5.11. The summed E-state index contributed by atoms with van der Waals surface area (Å²) in [5, 5.41) is 13.2. The van der Waals surface area contributed by atoms with Gasteiger partial charge in [-0.25, -0.2) is 4.79 Å². The third-order valence-electron chi connectivity index (χ3n) is 3.94. The highest BCUT2D eigenvalue weighted by Crippen LogP contribution is 2.28. The number of ether oxygens (including phenoxy) is 2. The minimum absolute atomic E-state index is 0.196. The Kier molecular flexibility index (Phi) is 6.25. The fraction of sp³-hybridized carbons (Fsp3) is 0.0909. The van der Waals surface area contributed by atoms with Gasteiger partial charge in [0.15, 0.2) is 11.5 Å². The lowest BCUT2D eigenvalue weighted by molar-refractivity contribution is 0.0697. The van der Waals surface area contributed by atoms with Gasteiger partial charge in [-0.05, 0) is 47.5 Å². The lowest BCUT2D eigenvalue weighted by Crippen LogP contribution is -1.99. The fourth-order valence-corrected chi connectivity index (χ4v) is 2.52. The maximum Gasteiger partial charge on any atom is 0.335 e. The Morgan fingerprint density at radius 3 is 2.61 bits per heavy atom. The monoisotopic (exact) mass is 376 g/mol. The van der Waals surface area contributed by atoms with Crippen molar-refractivity contribution in [3.05, 3.63) is 89.5 Å². The van der Waals surface area contributed by atoms with Gasteiger partial charge in [-0.2, -0.15) is 5.10 Å². The van der Waals surface area contributed by atoms with Crippen molar-refractivity contribution in [3.8, 4) is 11.5 Å². The number of carboxylic acid groups (broad SMARTS) is 1. The highest BCUT2D eigenvalue weighted by molar-refractivity contribution is 5.89. The van der Waals surface area contributed by atoms with E-state index in [1.165, 1.54) is 12.1 Å². The molecule has 0 heterocycles. The molecule has 0 saturated heterocycles. The van der Waals surface area contributed by atoms with Crippen LogP contribution < -0.4 is 14.9 Å². The van der Waals surface area contributed by atoms with Gasteiger partial charge in [0.1, 0.15) is 6.61 Å². The van der Waals surface area contributed by atoms with Crippen LogP contribution in [0.3, 0.4) is 0 Å². The molecule has 0 amide bonds. The van der Waals surface area contributed by atoms with Crippen molar-refractivity contribution in [1.29, 1.82) is 0 Å². The first kappa shape index (κ1) is 19.0. The second kappa shape index (κ2) is 9.23. The van der Waals surface area contributed by atoms with Gasteiger partial charge in [0, 0.05) is 0 Å². The zero-order valence-corrected chi connectivity index (χ0v) is 15.3. The SMILES string of the molecule is COc1cc(/C=N/Nc2cccc(C(=O)O)c2)ccc1OCc1ccccc1. The molecule has 2 N–H and O–H groups in total. The van der Waals surface area contributed by atoms with Crippen molar-refractivity contribution in [3.63, 3.8) is 0 Å². The van der Waals surface area contributed by atoms with E-state index in [4.69, 9.17) is 14.6 Å². The molecule has 28 heavy (non-hydrogen) atoms. The molecule has 6 nitrogen and oxygen atoms in total. The first-order valence-electron chi connectivity index (χ1n) is 8.63. The van der Waals surface area contributed by atoms with E-state index < -0.39 is 5.97 Å². The zero-order chi connectivity index (χ0) is 19.8. The van der Waals surface area contributed by atoms with Crippen LogP contribution >= 0.6 is 0 Å². The van der Waals surface area contributed by atoms with Crippen LogP contribution in [0.1, 0.15) is 21.5 Å². The molecule has 0 spiro atoms. The Labute approximate surface area is 163 Å². The molecule has 0 radical (unpaired) electrons. The summed E-state index contributed by atoms with van der Waals surface area (Å²) in [6.07, 6.45) is 1.62. The number of nitrogens with zero attached hydrogens (tertiary/aromatic N) is 1. The van der Waals surface area contributed by atoms with E-state index >= 15 is 0 Å². The minimum Gasteiger partial charge on any atom is -0.493 e. The van der Waals surface area contributed by atoms with Crippen molar-refractivity contribution in [1.82, 2.24) is 0 Å². The summed E-state index contributed by atoms with van der Waals surface area (Å²) in [6.45, 7) is 0.451. The van der Waals surface area contributed by atoms with Gasteiger partial charge in [0.25, 0.3) is 0 Å². The molecule has 3 aromatic rings. The van der Waals surface area contributed by atoms with Crippen molar-refractivity contribution in [2.45, 2.75) is 6.61 Å². The van der Waals surface area contributed by atoms with E-state index in [1.54, 1.807) is 25.5 Å². The number of rotatable bonds is 8. The largest absolute Gasteiger partial charge is 0.493 e. The number of anilines is 1. The molecule has 6 heteroatoms. The topological polar surface area (TPSA) is 80.2 Å². The van der Waals surface area contributed by atoms with Crippen LogP contribution in [0.15, 0.2) is 77.9 Å². The lowest BCUT2D eigenvalue weighted by Gasteiger charge is -2.11.